The maximum atomic E-state index is 4.60. The summed E-state index contributed by atoms with van der Waals surface area (Å²) in [6, 6.07) is 0. The van der Waals surface area contributed by atoms with Gasteiger partial charge < -0.3 is 5.32 Å². The summed E-state index contributed by atoms with van der Waals surface area (Å²) in [7, 11) is 0. The third kappa shape index (κ3) is 2.93. The summed E-state index contributed by atoms with van der Waals surface area (Å²) in [4.78, 5) is 5.71. The predicted octanol–water partition coefficient (Wildman–Crippen LogP) is 3.54. The van der Waals surface area contributed by atoms with Crippen LogP contribution in [-0.2, 0) is 6.54 Å². The fourth-order valence-corrected chi connectivity index (χ4v) is 2.98. The summed E-state index contributed by atoms with van der Waals surface area (Å²) in [5.74, 6) is 0. The third-order valence-electron chi connectivity index (χ3n) is 3.17. The van der Waals surface area contributed by atoms with Gasteiger partial charge in [0.25, 0.3) is 0 Å². The van der Waals surface area contributed by atoms with Crippen molar-refractivity contribution in [2.45, 2.75) is 47.6 Å². The summed E-state index contributed by atoms with van der Waals surface area (Å²) >= 11 is 1.72. The molecule has 0 atom stereocenters. The van der Waals surface area contributed by atoms with E-state index >= 15 is 0 Å². The molecule has 0 saturated heterocycles. The van der Waals surface area contributed by atoms with E-state index in [1.54, 1.807) is 11.3 Å². The van der Waals surface area contributed by atoms with E-state index in [1.165, 1.54) is 17.8 Å². The number of hydrogen-bond donors (Lipinski definition) is 1. The van der Waals surface area contributed by atoms with Gasteiger partial charge in [0.15, 0.2) is 4.96 Å². The van der Waals surface area contributed by atoms with Gasteiger partial charge in [-0.1, -0.05) is 20.8 Å². The number of nitrogens with zero attached hydrogens (tertiary/aromatic N) is 2. The summed E-state index contributed by atoms with van der Waals surface area (Å²) in [6.45, 7) is 13.0. The van der Waals surface area contributed by atoms with Crippen molar-refractivity contribution in [3.8, 4) is 0 Å². The molecule has 3 nitrogen and oxygen atoms in total. The molecule has 2 heterocycles. The fraction of sp³-hybridized carbons (Fsp3) is 0.643. The van der Waals surface area contributed by atoms with Crippen LogP contribution in [0.15, 0.2) is 5.38 Å². The largest absolute Gasteiger partial charge is 0.311 e. The first-order chi connectivity index (χ1) is 8.38. The molecule has 2 aromatic heterocycles. The minimum absolute atomic E-state index is 0.396. The Kier molecular flexibility index (Phi) is 3.78. The van der Waals surface area contributed by atoms with Crippen molar-refractivity contribution in [3.05, 3.63) is 22.5 Å². The van der Waals surface area contributed by atoms with Gasteiger partial charge in [-0.15, -0.1) is 11.3 Å². The molecule has 100 valence electrons. The first kappa shape index (κ1) is 13.6. The van der Waals surface area contributed by atoms with Crippen LogP contribution in [0, 0.1) is 19.3 Å². The number of aryl methyl sites for hydroxylation is 2. The molecule has 0 saturated carbocycles. The summed E-state index contributed by atoms with van der Waals surface area (Å²) in [5, 5.41) is 5.71. The van der Waals surface area contributed by atoms with Gasteiger partial charge in [-0.2, -0.15) is 0 Å². The fourth-order valence-electron chi connectivity index (χ4n) is 2.05. The SMILES string of the molecule is Cc1nc2scc(C)n2c1CNCCC(C)(C)C. The number of aromatic nitrogens is 2. The van der Waals surface area contributed by atoms with Crippen LogP contribution in [0.2, 0.25) is 0 Å². The Labute approximate surface area is 113 Å². The van der Waals surface area contributed by atoms with Crippen LogP contribution in [0.1, 0.15) is 44.3 Å². The zero-order valence-electron chi connectivity index (χ0n) is 12.0. The van der Waals surface area contributed by atoms with Gasteiger partial charge in [0.1, 0.15) is 0 Å². The highest BCUT2D eigenvalue weighted by Gasteiger charge is 2.13. The second-order valence-corrected chi connectivity index (χ2v) is 6.96. The van der Waals surface area contributed by atoms with E-state index in [1.807, 2.05) is 0 Å². The Hall–Kier alpha value is -0.870. The highest BCUT2D eigenvalue weighted by atomic mass is 32.1. The Morgan fingerprint density at radius 2 is 2.06 bits per heavy atom. The normalized spacial score (nSPS) is 12.5. The molecule has 0 fully saturated rings. The maximum absolute atomic E-state index is 4.60. The molecule has 0 aliphatic rings. The van der Waals surface area contributed by atoms with Crippen LogP contribution in [0.3, 0.4) is 0 Å². The van der Waals surface area contributed by atoms with Gasteiger partial charge in [0, 0.05) is 17.6 Å². The molecule has 2 aromatic rings. The van der Waals surface area contributed by atoms with Crippen molar-refractivity contribution in [1.82, 2.24) is 14.7 Å². The van der Waals surface area contributed by atoms with Gasteiger partial charge in [0.05, 0.1) is 11.4 Å². The lowest BCUT2D eigenvalue weighted by Crippen LogP contribution is -2.21. The topological polar surface area (TPSA) is 29.3 Å². The molecule has 18 heavy (non-hydrogen) atoms. The van der Waals surface area contributed by atoms with Crippen LogP contribution in [-0.4, -0.2) is 15.9 Å². The first-order valence-corrected chi connectivity index (χ1v) is 7.39. The Bertz CT molecular complexity index is 531. The van der Waals surface area contributed by atoms with E-state index in [2.05, 4.69) is 54.7 Å². The second kappa shape index (κ2) is 5.02. The standard InChI is InChI=1S/C14H23N3S/c1-10-9-18-13-16-11(2)12(17(10)13)8-15-7-6-14(3,4)5/h9,15H,6-8H2,1-5H3. The highest BCUT2D eigenvalue weighted by molar-refractivity contribution is 7.15. The zero-order valence-corrected chi connectivity index (χ0v) is 12.8. The summed E-state index contributed by atoms with van der Waals surface area (Å²) in [5.41, 5.74) is 4.13. The quantitative estimate of drug-likeness (QED) is 0.857. The summed E-state index contributed by atoms with van der Waals surface area (Å²) in [6.07, 6.45) is 1.19. The van der Waals surface area contributed by atoms with Crippen LogP contribution in [0.5, 0.6) is 0 Å². The van der Waals surface area contributed by atoms with Crippen molar-refractivity contribution in [2.75, 3.05) is 6.54 Å². The Morgan fingerprint density at radius 3 is 2.72 bits per heavy atom. The lowest BCUT2D eigenvalue weighted by Gasteiger charge is -2.18. The molecule has 0 bridgehead atoms. The van der Waals surface area contributed by atoms with E-state index in [4.69, 9.17) is 0 Å². The highest BCUT2D eigenvalue weighted by Crippen LogP contribution is 2.21. The van der Waals surface area contributed by atoms with Crippen molar-refractivity contribution < 1.29 is 0 Å². The van der Waals surface area contributed by atoms with E-state index in [0.29, 0.717) is 5.41 Å². The first-order valence-electron chi connectivity index (χ1n) is 6.51. The maximum Gasteiger partial charge on any atom is 0.194 e. The molecule has 1 N–H and O–H groups in total. The number of imidazole rings is 1. The van der Waals surface area contributed by atoms with Gasteiger partial charge >= 0.3 is 0 Å². The second-order valence-electron chi connectivity index (χ2n) is 6.13. The number of rotatable bonds is 4. The number of nitrogens with one attached hydrogen (secondary N) is 1. The zero-order chi connectivity index (χ0) is 13.3. The smallest absolute Gasteiger partial charge is 0.194 e. The molecule has 0 unspecified atom stereocenters. The number of thiazole rings is 1. The molecular weight excluding hydrogens is 242 g/mol. The lowest BCUT2D eigenvalue weighted by molar-refractivity contribution is 0.366. The number of hydrogen-bond acceptors (Lipinski definition) is 3. The number of fused-ring (bicyclic) bond motifs is 1. The van der Waals surface area contributed by atoms with E-state index in [0.717, 1.165) is 23.7 Å². The van der Waals surface area contributed by atoms with Crippen LogP contribution >= 0.6 is 11.3 Å². The average molecular weight is 265 g/mol. The minimum Gasteiger partial charge on any atom is -0.311 e. The molecule has 0 aromatic carbocycles. The molecule has 0 aliphatic heterocycles. The van der Waals surface area contributed by atoms with Crippen LogP contribution in [0.4, 0.5) is 0 Å². The van der Waals surface area contributed by atoms with Gasteiger partial charge in [-0.3, -0.25) is 4.40 Å². The Morgan fingerprint density at radius 1 is 1.33 bits per heavy atom. The predicted molar refractivity (Wildman–Crippen MR) is 78.3 cm³/mol. The van der Waals surface area contributed by atoms with Crippen molar-refractivity contribution in [2.24, 2.45) is 5.41 Å². The minimum atomic E-state index is 0.396. The van der Waals surface area contributed by atoms with Gasteiger partial charge in [0.2, 0.25) is 0 Å². The van der Waals surface area contributed by atoms with E-state index < -0.39 is 0 Å². The van der Waals surface area contributed by atoms with Crippen LogP contribution in [0.25, 0.3) is 4.96 Å². The van der Waals surface area contributed by atoms with Crippen LogP contribution < -0.4 is 5.32 Å². The monoisotopic (exact) mass is 265 g/mol. The van der Waals surface area contributed by atoms with Gasteiger partial charge in [-0.05, 0) is 32.2 Å². The van der Waals surface area contributed by atoms with Crippen molar-refractivity contribution in [3.63, 3.8) is 0 Å². The Balaban J connectivity index is 2.03. The third-order valence-corrected chi connectivity index (χ3v) is 4.12. The van der Waals surface area contributed by atoms with Crippen molar-refractivity contribution >= 4 is 16.3 Å². The molecule has 0 spiro atoms. The van der Waals surface area contributed by atoms with Gasteiger partial charge in [-0.25, -0.2) is 4.98 Å². The molecule has 0 aliphatic carbocycles. The summed E-state index contributed by atoms with van der Waals surface area (Å²) < 4.78 is 2.27. The van der Waals surface area contributed by atoms with Crippen molar-refractivity contribution in [1.29, 1.82) is 0 Å². The molecule has 4 heteroatoms. The van der Waals surface area contributed by atoms with E-state index in [9.17, 15) is 0 Å². The molecule has 2 rings (SSSR count). The van der Waals surface area contributed by atoms with E-state index in [-0.39, 0.29) is 0 Å². The molecule has 0 amide bonds. The average Bonchev–Trinajstić information content (AvgIpc) is 2.74. The molecular formula is C14H23N3S. The molecule has 0 radical (unpaired) electrons. The lowest BCUT2D eigenvalue weighted by atomic mass is 9.92.